The SMILES string of the molecule is Cc1ccc(-c2c(C3=NN(C(=O)CCC(=O)O)C(c4ccc(Cl)cc4)C3)c(=O)[nH]c3ccccc23)cc1. The minimum absolute atomic E-state index is 0.199. The third kappa shape index (κ3) is 4.90. The maximum Gasteiger partial charge on any atom is 0.303 e. The second-order valence-corrected chi connectivity index (χ2v) is 9.50. The van der Waals surface area contributed by atoms with Crippen molar-refractivity contribution in [2.45, 2.75) is 32.2 Å². The molecule has 8 heteroatoms. The number of hydrazone groups is 1. The summed E-state index contributed by atoms with van der Waals surface area (Å²) in [7, 11) is 0. The quantitative estimate of drug-likeness (QED) is 0.345. The van der Waals surface area contributed by atoms with Crippen molar-refractivity contribution in [2.75, 3.05) is 0 Å². The molecule has 37 heavy (non-hydrogen) atoms. The molecule has 0 bridgehead atoms. The summed E-state index contributed by atoms with van der Waals surface area (Å²) in [5, 5.41) is 16.5. The predicted molar refractivity (Wildman–Crippen MR) is 144 cm³/mol. The molecular formula is C29H24ClN3O4. The number of fused-ring (bicyclic) bond motifs is 1. The third-order valence-corrected chi connectivity index (χ3v) is 6.78. The largest absolute Gasteiger partial charge is 0.481 e. The van der Waals surface area contributed by atoms with Crippen LogP contribution in [0.25, 0.3) is 22.0 Å². The number of aliphatic carboxylic acids is 1. The topological polar surface area (TPSA) is 103 Å². The summed E-state index contributed by atoms with van der Waals surface area (Å²) in [4.78, 5) is 40.7. The van der Waals surface area contributed by atoms with E-state index in [1.807, 2.05) is 67.6 Å². The monoisotopic (exact) mass is 513 g/mol. The summed E-state index contributed by atoms with van der Waals surface area (Å²) < 4.78 is 0. The van der Waals surface area contributed by atoms with Gasteiger partial charge in [-0.1, -0.05) is 71.8 Å². The van der Waals surface area contributed by atoms with Crippen LogP contribution in [0.1, 0.15) is 42.0 Å². The van der Waals surface area contributed by atoms with Crippen molar-refractivity contribution in [3.05, 3.63) is 105 Å². The number of hydrogen-bond donors (Lipinski definition) is 2. The number of pyridine rings is 1. The van der Waals surface area contributed by atoms with Crippen LogP contribution in [0.15, 0.2) is 82.7 Å². The number of H-pyrrole nitrogens is 1. The average Bonchev–Trinajstić information content (AvgIpc) is 3.32. The van der Waals surface area contributed by atoms with Crippen LogP contribution in [0.3, 0.4) is 0 Å². The summed E-state index contributed by atoms with van der Waals surface area (Å²) >= 11 is 6.08. The van der Waals surface area contributed by atoms with Gasteiger partial charge in [-0.2, -0.15) is 5.10 Å². The summed E-state index contributed by atoms with van der Waals surface area (Å²) in [6.07, 6.45) is -0.214. The first-order valence-corrected chi connectivity index (χ1v) is 12.3. The number of aryl methyl sites for hydroxylation is 1. The molecule has 1 aliphatic rings. The number of hydrogen-bond acceptors (Lipinski definition) is 4. The summed E-state index contributed by atoms with van der Waals surface area (Å²) in [6.45, 7) is 2.00. The van der Waals surface area contributed by atoms with Gasteiger partial charge < -0.3 is 10.1 Å². The number of halogens is 1. The molecule has 186 valence electrons. The van der Waals surface area contributed by atoms with Gasteiger partial charge in [0.05, 0.1) is 23.7 Å². The molecule has 4 aromatic rings. The lowest BCUT2D eigenvalue weighted by Crippen LogP contribution is -2.27. The molecule has 0 saturated heterocycles. The fraction of sp³-hybridized carbons (Fsp3) is 0.172. The van der Waals surface area contributed by atoms with Gasteiger partial charge in [-0.15, -0.1) is 0 Å². The number of nitrogens with zero attached hydrogens (tertiary/aromatic N) is 2. The number of benzene rings is 3. The van der Waals surface area contributed by atoms with Crippen LogP contribution in [0.4, 0.5) is 0 Å². The number of carboxylic acid groups (broad SMARTS) is 1. The van der Waals surface area contributed by atoms with Crippen LogP contribution >= 0.6 is 11.6 Å². The van der Waals surface area contributed by atoms with Crippen molar-refractivity contribution in [2.24, 2.45) is 5.10 Å². The van der Waals surface area contributed by atoms with Crippen LogP contribution in [0, 0.1) is 6.92 Å². The Labute approximate surface area is 218 Å². The van der Waals surface area contributed by atoms with E-state index in [9.17, 15) is 14.4 Å². The lowest BCUT2D eigenvalue weighted by molar-refractivity contribution is -0.141. The van der Waals surface area contributed by atoms with Gasteiger partial charge in [-0.3, -0.25) is 14.4 Å². The molecule has 1 unspecified atom stereocenters. The normalized spacial score (nSPS) is 15.1. The van der Waals surface area contributed by atoms with E-state index >= 15 is 0 Å². The Kier molecular flexibility index (Phi) is 6.63. The number of rotatable bonds is 6. The Bertz CT molecular complexity index is 1590. The molecular weight excluding hydrogens is 490 g/mol. The molecule has 0 aliphatic carbocycles. The molecule has 0 spiro atoms. The number of carbonyl (C=O) groups is 2. The fourth-order valence-corrected chi connectivity index (χ4v) is 4.83. The standard InChI is InChI=1S/C29H24ClN3O4/c1-17-6-8-19(9-7-17)27-21-4-2-3-5-22(21)31-29(37)28(27)23-16-24(18-10-12-20(30)13-11-18)33(32-23)25(34)14-15-26(35)36/h2-13,24H,14-16H2,1H3,(H,31,37)(H,35,36). The average molecular weight is 514 g/mol. The Morgan fingerprint density at radius 2 is 1.70 bits per heavy atom. The zero-order chi connectivity index (χ0) is 26.1. The highest BCUT2D eigenvalue weighted by Crippen LogP contribution is 2.37. The van der Waals surface area contributed by atoms with E-state index in [0.717, 1.165) is 27.6 Å². The number of amides is 1. The predicted octanol–water partition coefficient (Wildman–Crippen LogP) is 5.70. The number of aromatic amines is 1. The van der Waals surface area contributed by atoms with E-state index in [1.165, 1.54) is 5.01 Å². The zero-order valence-electron chi connectivity index (χ0n) is 20.1. The molecule has 5 rings (SSSR count). The van der Waals surface area contributed by atoms with E-state index in [2.05, 4.69) is 10.1 Å². The first-order chi connectivity index (χ1) is 17.8. The van der Waals surface area contributed by atoms with Crippen molar-refractivity contribution in [1.82, 2.24) is 9.99 Å². The van der Waals surface area contributed by atoms with Crippen molar-refractivity contribution in [1.29, 1.82) is 0 Å². The number of carbonyl (C=O) groups excluding carboxylic acids is 1. The Morgan fingerprint density at radius 3 is 2.41 bits per heavy atom. The van der Waals surface area contributed by atoms with Gasteiger partial charge in [0, 0.05) is 34.3 Å². The van der Waals surface area contributed by atoms with Crippen molar-refractivity contribution >= 4 is 40.1 Å². The molecule has 0 radical (unpaired) electrons. The first-order valence-electron chi connectivity index (χ1n) is 11.9. The molecule has 7 nitrogen and oxygen atoms in total. The van der Waals surface area contributed by atoms with Crippen LogP contribution in [-0.4, -0.2) is 32.7 Å². The lowest BCUT2D eigenvalue weighted by Gasteiger charge is -2.22. The molecule has 3 aromatic carbocycles. The second kappa shape index (κ2) is 10.0. The van der Waals surface area contributed by atoms with Crippen LogP contribution in [0.5, 0.6) is 0 Å². The van der Waals surface area contributed by atoms with Gasteiger partial charge in [0.15, 0.2) is 0 Å². The highest BCUT2D eigenvalue weighted by atomic mass is 35.5. The van der Waals surface area contributed by atoms with E-state index in [1.54, 1.807) is 12.1 Å². The number of para-hydroxylation sites is 1. The maximum atomic E-state index is 13.5. The van der Waals surface area contributed by atoms with E-state index < -0.39 is 17.9 Å². The Morgan fingerprint density at radius 1 is 1.00 bits per heavy atom. The highest BCUT2D eigenvalue weighted by Gasteiger charge is 2.35. The molecule has 0 fully saturated rings. The Balaban J connectivity index is 1.68. The van der Waals surface area contributed by atoms with Gasteiger partial charge in [-0.25, -0.2) is 5.01 Å². The van der Waals surface area contributed by atoms with Gasteiger partial charge >= 0.3 is 5.97 Å². The summed E-state index contributed by atoms with van der Waals surface area (Å²) in [5.41, 5.74) is 4.76. The molecule has 0 saturated carbocycles. The summed E-state index contributed by atoms with van der Waals surface area (Å²) in [6, 6.07) is 22.1. The number of carboxylic acids is 1. The van der Waals surface area contributed by atoms with Crippen molar-refractivity contribution in [3.63, 3.8) is 0 Å². The van der Waals surface area contributed by atoms with Crippen molar-refractivity contribution in [3.8, 4) is 11.1 Å². The Hall–Kier alpha value is -4.23. The van der Waals surface area contributed by atoms with Gasteiger partial charge in [0.25, 0.3) is 5.56 Å². The fourth-order valence-electron chi connectivity index (χ4n) is 4.70. The van der Waals surface area contributed by atoms with Crippen LogP contribution in [-0.2, 0) is 9.59 Å². The zero-order valence-corrected chi connectivity index (χ0v) is 20.8. The van der Waals surface area contributed by atoms with E-state index in [4.69, 9.17) is 16.7 Å². The minimum Gasteiger partial charge on any atom is -0.481 e. The number of nitrogens with one attached hydrogen (secondary N) is 1. The van der Waals surface area contributed by atoms with E-state index in [-0.39, 0.29) is 18.4 Å². The lowest BCUT2D eigenvalue weighted by atomic mass is 9.90. The number of aromatic nitrogens is 1. The summed E-state index contributed by atoms with van der Waals surface area (Å²) in [5.74, 6) is -1.49. The van der Waals surface area contributed by atoms with E-state index in [0.29, 0.717) is 28.2 Å². The van der Waals surface area contributed by atoms with Crippen molar-refractivity contribution < 1.29 is 14.7 Å². The smallest absolute Gasteiger partial charge is 0.303 e. The molecule has 2 N–H and O–H groups in total. The maximum absolute atomic E-state index is 13.5. The first kappa shape index (κ1) is 24.5. The van der Waals surface area contributed by atoms with Gasteiger partial charge in [0.2, 0.25) is 5.91 Å². The molecule has 1 aromatic heterocycles. The highest BCUT2D eigenvalue weighted by molar-refractivity contribution is 6.30. The van der Waals surface area contributed by atoms with Gasteiger partial charge in [-0.05, 0) is 36.2 Å². The van der Waals surface area contributed by atoms with Crippen LogP contribution < -0.4 is 5.56 Å². The molecule has 1 atom stereocenters. The molecule has 1 aliphatic heterocycles. The molecule has 2 heterocycles. The second-order valence-electron chi connectivity index (χ2n) is 9.07. The third-order valence-electron chi connectivity index (χ3n) is 6.52. The van der Waals surface area contributed by atoms with Gasteiger partial charge in [0.1, 0.15) is 0 Å². The minimum atomic E-state index is -1.06. The van der Waals surface area contributed by atoms with Crippen LogP contribution in [0.2, 0.25) is 5.02 Å². The molecule has 1 amide bonds.